The first-order valence-corrected chi connectivity index (χ1v) is 9.51. The summed E-state index contributed by atoms with van der Waals surface area (Å²) in [4.78, 5) is 13.0. The van der Waals surface area contributed by atoms with Gasteiger partial charge in [0, 0.05) is 16.6 Å². The van der Waals surface area contributed by atoms with Crippen LogP contribution in [0.5, 0.6) is 0 Å². The van der Waals surface area contributed by atoms with Crippen LogP contribution in [-0.4, -0.2) is 28.8 Å². The average molecular weight is 417 g/mol. The van der Waals surface area contributed by atoms with E-state index in [0.29, 0.717) is 22.2 Å². The zero-order chi connectivity index (χ0) is 18.6. The lowest BCUT2D eigenvalue weighted by Crippen LogP contribution is -2.29. The van der Waals surface area contributed by atoms with E-state index >= 15 is 0 Å². The van der Waals surface area contributed by atoms with Crippen molar-refractivity contribution >= 4 is 35.6 Å². The van der Waals surface area contributed by atoms with Gasteiger partial charge in [0.1, 0.15) is 0 Å². The fourth-order valence-electron chi connectivity index (χ4n) is 3.53. The molecule has 1 amide bonds. The minimum atomic E-state index is -0.145. The van der Waals surface area contributed by atoms with Crippen LogP contribution in [-0.2, 0) is 0 Å². The Kier molecular flexibility index (Phi) is 6.73. The van der Waals surface area contributed by atoms with Crippen molar-refractivity contribution in [3.63, 3.8) is 0 Å². The first kappa shape index (κ1) is 20.4. The molecule has 1 saturated heterocycles. The van der Waals surface area contributed by atoms with Crippen LogP contribution >= 0.6 is 24.0 Å². The van der Waals surface area contributed by atoms with Crippen molar-refractivity contribution in [2.45, 2.75) is 18.8 Å². The smallest absolute Gasteiger partial charge is 0.259 e. The minimum absolute atomic E-state index is 0. The monoisotopic (exact) mass is 416 g/mol. The molecule has 0 bridgehead atoms. The number of piperidine rings is 1. The van der Waals surface area contributed by atoms with Crippen LogP contribution in [0.2, 0.25) is 5.02 Å². The van der Waals surface area contributed by atoms with Gasteiger partial charge in [0.25, 0.3) is 5.91 Å². The highest BCUT2D eigenvalue weighted by Crippen LogP contribution is 2.30. The molecule has 3 aromatic rings. The number of halogens is 2. The second-order valence-corrected chi connectivity index (χ2v) is 7.11. The van der Waals surface area contributed by atoms with E-state index in [1.807, 2.05) is 35.0 Å². The molecule has 4 rings (SSSR count). The van der Waals surface area contributed by atoms with E-state index in [-0.39, 0.29) is 18.3 Å². The Morgan fingerprint density at radius 2 is 1.75 bits per heavy atom. The number of aromatic nitrogens is 2. The molecule has 0 spiro atoms. The van der Waals surface area contributed by atoms with Gasteiger partial charge in [0.2, 0.25) is 0 Å². The van der Waals surface area contributed by atoms with Crippen molar-refractivity contribution in [2.75, 3.05) is 18.4 Å². The van der Waals surface area contributed by atoms with Gasteiger partial charge in [-0.05, 0) is 62.3 Å². The molecule has 1 aliphatic heterocycles. The van der Waals surface area contributed by atoms with Crippen LogP contribution in [0.1, 0.15) is 34.8 Å². The van der Waals surface area contributed by atoms with Crippen molar-refractivity contribution < 1.29 is 4.79 Å². The topological polar surface area (TPSA) is 59.0 Å². The first-order valence-electron chi connectivity index (χ1n) is 9.13. The van der Waals surface area contributed by atoms with Crippen molar-refractivity contribution in [3.05, 3.63) is 77.1 Å². The SMILES string of the molecule is Cl.O=C(Nc1ccc(Cl)cc1)c1cnn(-c2ccccc2)c1C1CCNCC1. The molecule has 1 aliphatic rings. The maximum absolute atomic E-state index is 13.0. The van der Waals surface area contributed by atoms with E-state index in [1.54, 1.807) is 30.5 Å². The van der Waals surface area contributed by atoms with Crippen LogP contribution in [0.3, 0.4) is 0 Å². The maximum Gasteiger partial charge on any atom is 0.259 e. The Bertz CT molecular complexity index is 919. The van der Waals surface area contributed by atoms with Gasteiger partial charge in [-0.1, -0.05) is 29.8 Å². The lowest BCUT2D eigenvalue weighted by Gasteiger charge is -2.24. The van der Waals surface area contributed by atoms with Crippen molar-refractivity contribution in [2.24, 2.45) is 0 Å². The Balaban J connectivity index is 0.00000225. The summed E-state index contributed by atoms with van der Waals surface area (Å²) in [5.74, 6) is 0.146. The molecule has 1 fully saturated rings. The lowest BCUT2D eigenvalue weighted by molar-refractivity contribution is 0.102. The number of rotatable bonds is 4. The Hall–Kier alpha value is -2.34. The van der Waals surface area contributed by atoms with Crippen LogP contribution in [0, 0.1) is 0 Å². The summed E-state index contributed by atoms with van der Waals surface area (Å²) < 4.78 is 1.91. The van der Waals surface area contributed by atoms with Crippen LogP contribution in [0.15, 0.2) is 60.8 Å². The number of anilines is 1. The zero-order valence-corrected chi connectivity index (χ0v) is 16.8. The van der Waals surface area contributed by atoms with E-state index < -0.39 is 0 Å². The molecule has 5 nitrogen and oxygen atoms in total. The largest absolute Gasteiger partial charge is 0.322 e. The summed E-state index contributed by atoms with van der Waals surface area (Å²) in [6.07, 6.45) is 3.65. The number of benzene rings is 2. The molecule has 28 heavy (non-hydrogen) atoms. The summed E-state index contributed by atoms with van der Waals surface area (Å²) in [5.41, 5.74) is 3.29. The minimum Gasteiger partial charge on any atom is -0.322 e. The van der Waals surface area contributed by atoms with Gasteiger partial charge in [-0.25, -0.2) is 4.68 Å². The van der Waals surface area contributed by atoms with E-state index in [9.17, 15) is 4.79 Å². The highest BCUT2D eigenvalue weighted by atomic mass is 35.5. The van der Waals surface area contributed by atoms with Gasteiger partial charge in [-0.2, -0.15) is 5.10 Å². The number of para-hydroxylation sites is 1. The number of carbonyl (C=O) groups excluding carboxylic acids is 1. The van der Waals surface area contributed by atoms with Crippen LogP contribution < -0.4 is 10.6 Å². The third kappa shape index (κ3) is 4.38. The summed E-state index contributed by atoms with van der Waals surface area (Å²) in [6, 6.07) is 17.1. The summed E-state index contributed by atoms with van der Waals surface area (Å²) in [6.45, 7) is 1.89. The molecular formula is C21H22Cl2N4O. The fourth-order valence-corrected chi connectivity index (χ4v) is 3.65. The van der Waals surface area contributed by atoms with Crippen molar-refractivity contribution in [3.8, 4) is 5.69 Å². The predicted octanol–water partition coefficient (Wildman–Crippen LogP) is 4.67. The predicted molar refractivity (Wildman–Crippen MR) is 115 cm³/mol. The van der Waals surface area contributed by atoms with Gasteiger partial charge in [0.15, 0.2) is 0 Å². The highest BCUT2D eigenvalue weighted by molar-refractivity contribution is 6.30. The van der Waals surface area contributed by atoms with E-state index in [4.69, 9.17) is 11.6 Å². The Morgan fingerprint density at radius 1 is 1.07 bits per heavy atom. The van der Waals surface area contributed by atoms with E-state index in [0.717, 1.165) is 37.3 Å². The summed E-state index contributed by atoms with van der Waals surface area (Å²) in [5, 5.41) is 11.5. The summed E-state index contributed by atoms with van der Waals surface area (Å²) >= 11 is 5.93. The molecule has 1 aromatic heterocycles. The number of hydrogen-bond donors (Lipinski definition) is 2. The van der Waals surface area contributed by atoms with E-state index in [2.05, 4.69) is 15.7 Å². The molecule has 7 heteroatoms. The number of amides is 1. The molecule has 146 valence electrons. The Morgan fingerprint density at radius 3 is 2.43 bits per heavy atom. The second kappa shape index (κ2) is 9.24. The molecular weight excluding hydrogens is 395 g/mol. The first-order chi connectivity index (χ1) is 13.2. The molecule has 2 heterocycles. The number of nitrogens with zero attached hydrogens (tertiary/aromatic N) is 2. The van der Waals surface area contributed by atoms with Crippen molar-refractivity contribution in [1.29, 1.82) is 0 Å². The molecule has 0 saturated carbocycles. The number of hydrogen-bond acceptors (Lipinski definition) is 3. The highest BCUT2D eigenvalue weighted by Gasteiger charge is 2.27. The third-order valence-electron chi connectivity index (χ3n) is 4.88. The third-order valence-corrected chi connectivity index (χ3v) is 5.13. The molecule has 0 unspecified atom stereocenters. The standard InChI is InChI=1S/C21H21ClN4O.ClH/c22-16-6-8-17(9-7-16)25-21(27)19-14-24-26(18-4-2-1-3-5-18)20(19)15-10-12-23-13-11-15;/h1-9,14-15,23H,10-13H2,(H,25,27);1H. The van der Waals surface area contributed by atoms with Crippen molar-refractivity contribution in [1.82, 2.24) is 15.1 Å². The van der Waals surface area contributed by atoms with Crippen LogP contribution in [0.4, 0.5) is 5.69 Å². The fraction of sp³-hybridized carbons (Fsp3) is 0.238. The van der Waals surface area contributed by atoms with Gasteiger partial charge < -0.3 is 10.6 Å². The molecule has 0 aliphatic carbocycles. The molecule has 2 aromatic carbocycles. The maximum atomic E-state index is 13.0. The van der Waals surface area contributed by atoms with Crippen LogP contribution in [0.25, 0.3) is 5.69 Å². The van der Waals surface area contributed by atoms with Gasteiger partial charge in [-0.3, -0.25) is 4.79 Å². The Labute approximate surface area is 175 Å². The van der Waals surface area contributed by atoms with Gasteiger partial charge in [-0.15, -0.1) is 12.4 Å². The number of nitrogens with one attached hydrogen (secondary N) is 2. The average Bonchev–Trinajstić information content (AvgIpc) is 3.16. The second-order valence-electron chi connectivity index (χ2n) is 6.68. The molecule has 2 N–H and O–H groups in total. The number of carbonyl (C=O) groups is 1. The van der Waals surface area contributed by atoms with E-state index in [1.165, 1.54) is 0 Å². The zero-order valence-electron chi connectivity index (χ0n) is 15.3. The molecule has 0 radical (unpaired) electrons. The van der Waals surface area contributed by atoms with Gasteiger partial charge >= 0.3 is 0 Å². The molecule has 0 atom stereocenters. The normalized spacial score (nSPS) is 14.3. The quantitative estimate of drug-likeness (QED) is 0.649. The summed E-state index contributed by atoms with van der Waals surface area (Å²) in [7, 11) is 0. The lowest BCUT2D eigenvalue weighted by atomic mass is 9.91. The van der Waals surface area contributed by atoms with Gasteiger partial charge in [0.05, 0.1) is 23.1 Å².